The van der Waals surface area contributed by atoms with E-state index in [4.69, 9.17) is 5.11 Å². The zero-order valence-corrected chi connectivity index (χ0v) is 15.2. The number of nitrogens with one attached hydrogen (secondary N) is 2. The lowest BCUT2D eigenvalue weighted by molar-refractivity contribution is 0.0688. The number of anilines is 1. The third-order valence-corrected chi connectivity index (χ3v) is 4.68. The highest BCUT2D eigenvalue weighted by Crippen LogP contribution is 2.20. The van der Waals surface area contributed by atoms with E-state index >= 15 is 0 Å². The van der Waals surface area contributed by atoms with E-state index < -0.39 is 17.4 Å². The van der Waals surface area contributed by atoms with E-state index in [9.17, 15) is 19.2 Å². The van der Waals surface area contributed by atoms with Gasteiger partial charge in [-0.15, -0.1) is 0 Å². The topological polar surface area (TPSA) is 120 Å². The monoisotopic (exact) mass is 383 g/mol. The van der Waals surface area contributed by atoms with E-state index in [-0.39, 0.29) is 17.2 Å². The molecule has 3 rings (SSSR count). The van der Waals surface area contributed by atoms with Gasteiger partial charge in [-0.1, -0.05) is 25.0 Å². The molecule has 0 unspecified atom stereocenters. The zero-order valence-electron chi connectivity index (χ0n) is 15.2. The summed E-state index contributed by atoms with van der Waals surface area (Å²) in [6.45, 7) is 1.36. The van der Waals surface area contributed by atoms with Crippen LogP contribution in [0.4, 0.5) is 5.69 Å². The Morgan fingerprint density at radius 3 is 2.25 bits per heavy atom. The molecule has 1 aliphatic rings. The van der Waals surface area contributed by atoms with Crippen molar-refractivity contribution in [3.05, 3.63) is 63.6 Å². The van der Waals surface area contributed by atoms with Crippen LogP contribution >= 0.6 is 0 Å². The van der Waals surface area contributed by atoms with Crippen molar-refractivity contribution in [3.8, 4) is 0 Å². The van der Waals surface area contributed by atoms with Crippen molar-refractivity contribution in [2.45, 2.75) is 25.7 Å². The Balaban J connectivity index is 1.83. The molecule has 1 aromatic carbocycles. The molecule has 28 heavy (non-hydrogen) atoms. The summed E-state index contributed by atoms with van der Waals surface area (Å²) in [6.07, 6.45) is 4.09. The Labute approximate surface area is 161 Å². The minimum Gasteiger partial charge on any atom is -0.477 e. The van der Waals surface area contributed by atoms with Crippen LogP contribution in [0.25, 0.3) is 0 Å². The number of rotatable bonds is 4. The molecule has 8 nitrogen and oxygen atoms in total. The van der Waals surface area contributed by atoms with Crippen LogP contribution in [0, 0.1) is 0 Å². The highest BCUT2D eigenvalue weighted by molar-refractivity contribution is 6.09. The fourth-order valence-electron chi connectivity index (χ4n) is 3.19. The summed E-state index contributed by atoms with van der Waals surface area (Å²) >= 11 is 0. The average Bonchev–Trinajstić information content (AvgIpc) is 2.97. The molecule has 0 radical (unpaired) electrons. The number of hydrogen-bond acceptors (Lipinski definition) is 4. The number of nitrogens with zero attached hydrogens (tertiary/aromatic N) is 1. The van der Waals surface area contributed by atoms with Gasteiger partial charge in [-0.25, -0.2) is 4.79 Å². The average molecular weight is 383 g/mol. The van der Waals surface area contributed by atoms with Gasteiger partial charge in [0, 0.05) is 13.1 Å². The molecule has 0 atom stereocenters. The molecule has 1 aliphatic heterocycles. The number of aromatic amines is 1. The van der Waals surface area contributed by atoms with Gasteiger partial charge in [-0.3, -0.25) is 14.4 Å². The van der Waals surface area contributed by atoms with Crippen molar-refractivity contribution in [1.82, 2.24) is 9.88 Å². The predicted molar refractivity (Wildman–Crippen MR) is 103 cm³/mol. The molecule has 2 aromatic rings. The number of aromatic carboxylic acids is 1. The summed E-state index contributed by atoms with van der Waals surface area (Å²) in [6, 6.07) is 8.94. The van der Waals surface area contributed by atoms with E-state index in [1.165, 1.54) is 0 Å². The molecule has 8 heteroatoms. The van der Waals surface area contributed by atoms with Gasteiger partial charge in [0.15, 0.2) is 0 Å². The molecule has 0 spiro atoms. The SMILES string of the molecule is O=C(O)c1ccc(C(=O)Nc2ccccc2C(=O)N2CCCCCC2)c(=O)[nH]1. The fourth-order valence-corrected chi connectivity index (χ4v) is 3.19. The molecule has 0 aliphatic carbocycles. The molecule has 2 heterocycles. The smallest absolute Gasteiger partial charge is 0.352 e. The lowest BCUT2D eigenvalue weighted by atomic mass is 10.1. The van der Waals surface area contributed by atoms with Crippen LogP contribution in [0.3, 0.4) is 0 Å². The minimum atomic E-state index is -1.29. The van der Waals surface area contributed by atoms with Gasteiger partial charge in [-0.05, 0) is 37.1 Å². The number of benzene rings is 1. The maximum atomic E-state index is 12.9. The lowest BCUT2D eigenvalue weighted by Gasteiger charge is -2.22. The second-order valence-electron chi connectivity index (χ2n) is 6.63. The first-order valence-electron chi connectivity index (χ1n) is 9.13. The Hall–Kier alpha value is -3.42. The quantitative estimate of drug-likeness (QED) is 0.749. The van der Waals surface area contributed by atoms with Gasteiger partial charge in [0.05, 0.1) is 11.3 Å². The summed E-state index contributed by atoms with van der Waals surface area (Å²) in [5, 5.41) is 11.5. The van der Waals surface area contributed by atoms with Gasteiger partial charge in [0.25, 0.3) is 17.4 Å². The van der Waals surface area contributed by atoms with Crippen LogP contribution in [-0.2, 0) is 0 Å². The molecule has 0 saturated carbocycles. The highest BCUT2D eigenvalue weighted by atomic mass is 16.4. The van der Waals surface area contributed by atoms with E-state index in [1.54, 1.807) is 29.2 Å². The first kappa shape index (κ1) is 19.3. The first-order valence-corrected chi connectivity index (χ1v) is 9.13. The molecule has 3 N–H and O–H groups in total. The van der Waals surface area contributed by atoms with Crippen molar-refractivity contribution in [3.63, 3.8) is 0 Å². The van der Waals surface area contributed by atoms with Gasteiger partial charge in [-0.2, -0.15) is 0 Å². The van der Waals surface area contributed by atoms with Crippen molar-refractivity contribution < 1.29 is 19.5 Å². The molecular weight excluding hydrogens is 362 g/mol. The van der Waals surface area contributed by atoms with Gasteiger partial charge in [0.2, 0.25) is 0 Å². The maximum absolute atomic E-state index is 12.9. The third kappa shape index (κ3) is 4.28. The minimum absolute atomic E-state index is 0.159. The number of hydrogen-bond donors (Lipinski definition) is 3. The number of carboxylic acid groups (broad SMARTS) is 1. The summed E-state index contributed by atoms with van der Waals surface area (Å²) in [5.41, 5.74) is -0.686. The Kier molecular flexibility index (Phi) is 5.88. The summed E-state index contributed by atoms with van der Waals surface area (Å²) < 4.78 is 0. The Bertz CT molecular complexity index is 958. The second kappa shape index (κ2) is 8.51. The standard InChI is InChI=1S/C20H21N3O5/c24-17(14-9-10-16(20(27)28)22-18(14)25)21-15-8-4-3-7-13(15)19(26)23-11-5-1-2-6-12-23/h3-4,7-10H,1-2,5-6,11-12H2,(H,21,24)(H,22,25)(H,27,28). The van der Waals surface area contributed by atoms with Crippen molar-refractivity contribution in [2.75, 3.05) is 18.4 Å². The van der Waals surface area contributed by atoms with E-state index in [0.717, 1.165) is 37.8 Å². The molecule has 0 bridgehead atoms. The molecule has 1 fully saturated rings. The third-order valence-electron chi connectivity index (χ3n) is 4.68. The highest BCUT2D eigenvalue weighted by Gasteiger charge is 2.21. The maximum Gasteiger partial charge on any atom is 0.352 e. The molecule has 1 saturated heterocycles. The number of H-pyrrole nitrogens is 1. The summed E-state index contributed by atoms with van der Waals surface area (Å²) in [4.78, 5) is 52.3. The molecular formula is C20H21N3O5. The predicted octanol–water partition coefficient (Wildman–Crippen LogP) is 2.34. The van der Waals surface area contributed by atoms with Gasteiger partial charge < -0.3 is 20.3 Å². The summed E-state index contributed by atoms with van der Waals surface area (Å²) in [7, 11) is 0. The fraction of sp³-hybridized carbons (Fsp3) is 0.300. The van der Waals surface area contributed by atoms with Crippen LogP contribution in [0.15, 0.2) is 41.2 Å². The zero-order chi connectivity index (χ0) is 20.1. The Morgan fingerprint density at radius 1 is 0.929 bits per heavy atom. The normalized spacial score (nSPS) is 14.2. The van der Waals surface area contributed by atoms with Crippen molar-refractivity contribution >= 4 is 23.5 Å². The number of carbonyl (C=O) groups excluding carboxylic acids is 2. The molecule has 146 valence electrons. The number of aromatic nitrogens is 1. The van der Waals surface area contributed by atoms with E-state index in [2.05, 4.69) is 10.3 Å². The van der Waals surface area contributed by atoms with Crippen LogP contribution in [0.2, 0.25) is 0 Å². The van der Waals surface area contributed by atoms with Crippen molar-refractivity contribution in [1.29, 1.82) is 0 Å². The first-order chi connectivity index (χ1) is 13.5. The van der Waals surface area contributed by atoms with Crippen molar-refractivity contribution in [2.24, 2.45) is 0 Å². The number of carboxylic acids is 1. The number of amides is 2. The lowest BCUT2D eigenvalue weighted by Crippen LogP contribution is -2.33. The van der Waals surface area contributed by atoms with Crippen LogP contribution < -0.4 is 10.9 Å². The molecule has 1 aromatic heterocycles. The largest absolute Gasteiger partial charge is 0.477 e. The Morgan fingerprint density at radius 2 is 1.61 bits per heavy atom. The van der Waals surface area contributed by atoms with Crippen LogP contribution in [-0.4, -0.2) is 45.9 Å². The van der Waals surface area contributed by atoms with Gasteiger partial charge >= 0.3 is 5.97 Å². The number of carbonyl (C=O) groups is 3. The van der Waals surface area contributed by atoms with E-state index in [1.807, 2.05) is 0 Å². The molecule has 2 amide bonds. The van der Waals surface area contributed by atoms with Crippen LogP contribution in [0.5, 0.6) is 0 Å². The van der Waals surface area contributed by atoms with Gasteiger partial charge in [0.1, 0.15) is 11.3 Å². The second-order valence-corrected chi connectivity index (χ2v) is 6.63. The number of likely N-dealkylation sites (tertiary alicyclic amines) is 1. The number of pyridine rings is 1. The van der Waals surface area contributed by atoms with E-state index in [0.29, 0.717) is 24.3 Å². The van der Waals surface area contributed by atoms with Crippen LogP contribution in [0.1, 0.15) is 56.9 Å². The summed E-state index contributed by atoms with van der Waals surface area (Å²) in [5.74, 6) is -2.17. The number of para-hydroxylation sites is 1.